The minimum atomic E-state index is -0.928. The van der Waals surface area contributed by atoms with Gasteiger partial charge in [-0.15, -0.1) is 11.8 Å². The maximum Gasteiger partial charge on any atom is 0.335 e. The van der Waals surface area contributed by atoms with Crippen LogP contribution in [0.25, 0.3) is 0 Å². The van der Waals surface area contributed by atoms with Crippen molar-refractivity contribution >= 4 is 23.6 Å². The molecule has 0 aromatic heterocycles. The Morgan fingerprint density at radius 1 is 1.39 bits per heavy atom. The van der Waals surface area contributed by atoms with E-state index in [9.17, 15) is 9.59 Å². The smallest absolute Gasteiger partial charge is 0.335 e. The fourth-order valence-electron chi connectivity index (χ4n) is 1.37. The summed E-state index contributed by atoms with van der Waals surface area (Å²) in [5, 5.41) is 11.6. The first-order chi connectivity index (χ1) is 8.63. The van der Waals surface area contributed by atoms with Crippen molar-refractivity contribution in [3.8, 4) is 0 Å². The number of thioether (sulfide) groups is 1. The van der Waals surface area contributed by atoms with Gasteiger partial charge in [-0.05, 0) is 24.1 Å². The number of carbonyl (C=O) groups excluding carboxylic acids is 1. The number of rotatable bonds is 7. The van der Waals surface area contributed by atoms with Gasteiger partial charge >= 0.3 is 5.97 Å². The molecule has 0 aliphatic rings. The predicted octanol–water partition coefficient (Wildman–Crippen LogP) is 2.14. The van der Waals surface area contributed by atoms with Gasteiger partial charge in [0, 0.05) is 12.3 Å². The van der Waals surface area contributed by atoms with E-state index in [0.717, 1.165) is 12.0 Å². The molecule has 98 valence electrons. The fraction of sp³-hybridized carbons (Fsp3) is 0.385. The van der Waals surface area contributed by atoms with Crippen LogP contribution in [-0.4, -0.2) is 29.3 Å². The molecular formula is C13H17NO3S. The molecule has 2 N–H and O–H groups in total. The van der Waals surface area contributed by atoms with Gasteiger partial charge in [-0.2, -0.15) is 0 Å². The number of carboxylic acid groups (broad SMARTS) is 1. The lowest BCUT2D eigenvalue weighted by Gasteiger charge is -2.04. The van der Waals surface area contributed by atoms with E-state index in [1.54, 1.807) is 18.2 Å². The highest BCUT2D eigenvalue weighted by molar-refractivity contribution is 7.99. The van der Waals surface area contributed by atoms with Crippen molar-refractivity contribution in [3.63, 3.8) is 0 Å². The minimum absolute atomic E-state index is 0.0243. The summed E-state index contributed by atoms with van der Waals surface area (Å²) in [5.74, 6) is 0.136. The van der Waals surface area contributed by atoms with E-state index in [1.807, 2.05) is 13.0 Å². The maximum absolute atomic E-state index is 11.3. The molecule has 0 radical (unpaired) electrons. The fourth-order valence-corrected chi connectivity index (χ4v) is 2.18. The summed E-state index contributed by atoms with van der Waals surface area (Å²) in [6, 6.07) is 6.78. The lowest BCUT2D eigenvalue weighted by atomic mass is 10.1. The molecule has 1 aromatic rings. The van der Waals surface area contributed by atoms with Gasteiger partial charge in [-0.25, -0.2) is 4.79 Å². The molecule has 18 heavy (non-hydrogen) atoms. The minimum Gasteiger partial charge on any atom is -0.478 e. The summed E-state index contributed by atoms with van der Waals surface area (Å²) in [5.41, 5.74) is 1.20. The highest BCUT2D eigenvalue weighted by atomic mass is 32.2. The largest absolute Gasteiger partial charge is 0.478 e. The first-order valence-corrected chi connectivity index (χ1v) is 6.95. The van der Waals surface area contributed by atoms with E-state index >= 15 is 0 Å². The lowest BCUT2D eigenvalue weighted by molar-refractivity contribution is -0.118. The topological polar surface area (TPSA) is 66.4 Å². The molecule has 0 bridgehead atoms. The Kier molecular flexibility index (Phi) is 6.28. The van der Waals surface area contributed by atoms with Crippen LogP contribution in [0.4, 0.5) is 0 Å². The van der Waals surface area contributed by atoms with Gasteiger partial charge < -0.3 is 10.4 Å². The summed E-state index contributed by atoms with van der Waals surface area (Å²) in [6.07, 6.45) is 0.928. The summed E-state index contributed by atoms with van der Waals surface area (Å²) < 4.78 is 0. The first kappa shape index (κ1) is 14.6. The van der Waals surface area contributed by atoms with Gasteiger partial charge in [0.25, 0.3) is 0 Å². The summed E-state index contributed by atoms with van der Waals surface area (Å²) in [7, 11) is 0. The van der Waals surface area contributed by atoms with E-state index in [4.69, 9.17) is 5.11 Å². The number of carbonyl (C=O) groups is 2. The van der Waals surface area contributed by atoms with Gasteiger partial charge in [0.1, 0.15) is 0 Å². The zero-order chi connectivity index (χ0) is 13.4. The number of benzene rings is 1. The molecule has 0 heterocycles. The molecule has 0 fully saturated rings. The van der Waals surface area contributed by atoms with E-state index < -0.39 is 5.97 Å². The normalized spacial score (nSPS) is 10.1. The second kappa shape index (κ2) is 7.76. The predicted molar refractivity (Wildman–Crippen MR) is 72.9 cm³/mol. The first-order valence-electron chi connectivity index (χ1n) is 5.80. The number of nitrogens with one attached hydrogen (secondary N) is 1. The molecule has 0 unspecified atom stereocenters. The van der Waals surface area contributed by atoms with E-state index in [-0.39, 0.29) is 11.5 Å². The highest BCUT2D eigenvalue weighted by Crippen LogP contribution is 2.13. The second-order valence-corrected chi connectivity index (χ2v) is 4.83. The quantitative estimate of drug-likeness (QED) is 0.794. The number of amides is 1. The third-order valence-corrected chi connectivity index (χ3v) is 3.25. The van der Waals surface area contributed by atoms with Crippen LogP contribution in [0, 0.1) is 0 Å². The summed E-state index contributed by atoms with van der Waals surface area (Å²) in [4.78, 5) is 22.1. The van der Waals surface area contributed by atoms with Crippen molar-refractivity contribution in [1.29, 1.82) is 0 Å². The van der Waals surface area contributed by atoms with Gasteiger partial charge in [-0.3, -0.25) is 4.79 Å². The highest BCUT2D eigenvalue weighted by Gasteiger charge is 2.04. The van der Waals surface area contributed by atoms with Crippen LogP contribution in [0.3, 0.4) is 0 Å². The molecule has 1 aromatic carbocycles. The Morgan fingerprint density at radius 2 is 2.17 bits per heavy atom. The SMILES string of the molecule is CCCNC(=O)CSCc1cccc(C(=O)O)c1. The number of carboxylic acids is 1. The Balaban J connectivity index is 2.37. The Morgan fingerprint density at radius 3 is 2.83 bits per heavy atom. The molecule has 1 rings (SSSR count). The van der Waals surface area contributed by atoms with Crippen molar-refractivity contribution in [2.45, 2.75) is 19.1 Å². The molecule has 0 saturated heterocycles. The Labute approximate surface area is 111 Å². The van der Waals surface area contributed by atoms with Crippen LogP contribution in [0.2, 0.25) is 0 Å². The van der Waals surface area contributed by atoms with Crippen LogP contribution >= 0.6 is 11.8 Å². The van der Waals surface area contributed by atoms with Gasteiger partial charge in [0.05, 0.1) is 11.3 Å². The molecular weight excluding hydrogens is 250 g/mol. The third-order valence-electron chi connectivity index (χ3n) is 2.25. The number of aromatic carboxylic acids is 1. The zero-order valence-corrected chi connectivity index (χ0v) is 11.1. The van der Waals surface area contributed by atoms with Crippen molar-refractivity contribution in [2.75, 3.05) is 12.3 Å². The average molecular weight is 267 g/mol. The molecule has 0 aliphatic heterocycles. The third kappa shape index (κ3) is 5.23. The molecule has 5 heteroatoms. The monoisotopic (exact) mass is 267 g/mol. The molecule has 0 spiro atoms. The van der Waals surface area contributed by atoms with E-state index in [0.29, 0.717) is 18.1 Å². The molecule has 0 aliphatic carbocycles. The zero-order valence-electron chi connectivity index (χ0n) is 10.3. The van der Waals surface area contributed by atoms with Gasteiger partial charge in [0.15, 0.2) is 0 Å². The molecule has 0 atom stereocenters. The summed E-state index contributed by atoms with van der Waals surface area (Å²) in [6.45, 7) is 2.71. The lowest BCUT2D eigenvalue weighted by Crippen LogP contribution is -2.25. The van der Waals surface area contributed by atoms with Crippen LogP contribution < -0.4 is 5.32 Å². The molecule has 4 nitrogen and oxygen atoms in total. The van der Waals surface area contributed by atoms with Crippen LogP contribution in [0.5, 0.6) is 0 Å². The van der Waals surface area contributed by atoms with Crippen molar-refractivity contribution in [1.82, 2.24) is 5.32 Å². The van der Waals surface area contributed by atoms with Crippen molar-refractivity contribution in [2.24, 2.45) is 0 Å². The van der Waals surface area contributed by atoms with E-state index in [2.05, 4.69) is 5.32 Å². The maximum atomic E-state index is 11.3. The van der Waals surface area contributed by atoms with Crippen molar-refractivity contribution < 1.29 is 14.7 Å². The average Bonchev–Trinajstić information content (AvgIpc) is 2.36. The standard InChI is InChI=1S/C13H17NO3S/c1-2-6-14-12(15)9-18-8-10-4-3-5-11(7-10)13(16)17/h3-5,7H,2,6,8-9H2,1H3,(H,14,15)(H,16,17). The van der Waals surface area contributed by atoms with Crippen LogP contribution in [0.1, 0.15) is 29.3 Å². The molecule has 1 amide bonds. The Hall–Kier alpha value is -1.49. The molecule has 0 saturated carbocycles. The summed E-state index contributed by atoms with van der Waals surface area (Å²) >= 11 is 1.48. The second-order valence-electron chi connectivity index (χ2n) is 3.85. The van der Waals surface area contributed by atoms with E-state index in [1.165, 1.54) is 11.8 Å². The van der Waals surface area contributed by atoms with Crippen molar-refractivity contribution in [3.05, 3.63) is 35.4 Å². The number of hydrogen-bond donors (Lipinski definition) is 2. The Bertz CT molecular complexity index is 420. The van der Waals surface area contributed by atoms with Crippen LogP contribution in [0.15, 0.2) is 24.3 Å². The van der Waals surface area contributed by atoms with Crippen LogP contribution in [-0.2, 0) is 10.5 Å². The van der Waals surface area contributed by atoms with Gasteiger partial charge in [-0.1, -0.05) is 19.1 Å². The van der Waals surface area contributed by atoms with Gasteiger partial charge in [0.2, 0.25) is 5.91 Å². The number of hydrogen-bond acceptors (Lipinski definition) is 3.